The van der Waals surface area contributed by atoms with Crippen LogP contribution in [0, 0.1) is 0 Å². The number of thiocarbonyl (C=S) groups is 2. The molecule has 0 aliphatic heterocycles. The van der Waals surface area contributed by atoms with Crippen molar-refractivity contribution in [3.8, 4) is 0 Å². The van der Waals surface area contributed by atoms with Crippen LogP contribution >= 0.6 is 24.4 Å². The zero-order valence-corrected chi connectivity index (χ0v) is 14.4. The van der Waals surface area contributed by atoms with E-state index in [2.05, 4.69) is 43.6 Å². The number of nitrogens with zero attached hydrogens (tertiary/aromatic N) is 1. The lowest BCUT2D eigenvalue weighted by molar-refractivity contribution is 0.363. The third-order valence-electron chi connectivity index (χ3n) is 3.10. The van der Waals surface area contributed by atoms with E-state index in [-0.39, 0.29) is 5.54 Å². The second-order valence-corrected chi connectivity index (χ2v) is 5.47. The fourth-order valence-corrected chi connectivity index (χ4v) is 2.54. The number of hydrogen-bond donors (Lipinski definition) is 5. The molecule has 0 fully saturated rings. The summed E-state index contributed by atoms with van der Waals surface area (Å²) in [7, 11) is 3.77. The van der Waals surface area contributed by atoms with Crippen LogP contribution in [0.3, 0.4) is 0 Å². The van der Waals surface area contributed by atoms with Crippen LogP contribution in [0.2, 0.25) is 0 Å². The smallest absolute Gasteiger partial charge is 0.171 e. The number of rotatable bonds is 8. The van der Waals surface area contributed by atoms with Crippen molar-refractivity contribution in [2.45, 2.75) is 5.54 Å². The minimum atomic E-state index is -0.352. The predicted octanol–water partition coefficient (Wildman–Crippen LogP) is 0.844. The van der Waals surface area contributed by atoms with Crippen LogP contribution in [0.4, 0.5) is 11.4 Å². The maximum absolute atomic E-state index is 5.92. The lowest BCUT2D eigenvalue weighted by Crippen LogP contribution is -2.64. The Morgan fingerprint density at radius 2 is 1.82 bits per heavy atom. The molecule has 0 bridgehead atoms. The van der Waals surface area contributed by atoms with Gasteiger partial charge in [-0.05, 0) is 62.8 Å². The van der Waals surface area contributed by atoms with Crippen molar-refractivity contribution in [1.29, 1.82) is 0 Å². The fraction of sp³-hybridized carbons (Fsp3) is 0.429. The van der Waals surface area contributed by atoms with Crippen molar-refractivity contribution in [3.63, 3.8) is 0 Å². The Balaban J connectivity index is 2.72. The van der Waals surface area contributed by atoms with E-state index in [9.17, 15) is 0 Å². The number of nitrogens with two attached hydrogens (primary N) is 1. The molecule has 0 amide bonds. The molecular formula is C14H22N6S2. The lowest BCUT2D eigenvalue weighted by Gasteiger charge is -2.34. The molecule has 0 aliphatic rings. The molecule has 0 radical (unpaired) electrons. The molecule has 22 heavy (non-hydrogen) atoms. The van der Waals surface area contributed by atoms with E-state index >= 15 is 0 Å². The molecule has 0 saturated carbocycles. The van der Waals surface area contributed by atoms with E-state index in [0.717, 1.165) is 11.4 Å². The molecule has 6 N–H and O–H groups in total. The van der Waals surface area contributed by atoms with E-state index in [1.54, 1.807) is 0 Å². The van der Waals surface area contributed by atoms with Gasteiger partial charge in [0.25, 0.3) is 0 Å². The number of hydrogen-bond acceptors (Lipinski definition) is 6. The Morgan fingerprint density at radius 1 is 1.23 bits per heavy atom. The zero-order valence-electron chi connectivity index (χ0n) is 12.8. The minimum absolute atomic E-state index is 0.352. The molecule has 6 nitrogen and oxygen atoms in total. The number of nitrogens with one attached hydrogen (secondary N) is 4. The average molecular weight is 339 g/mol. The second kappa shape index (κ2) is 9.58. The molecule has 120 valence electrons. The van der Waals surface area contributed by atoms with Gasteiger partial charge in [-0.2, -0.15) is 4.99 Å². The molecule has 0 aromatic heterocycles. The van der Waals surface area contributed by atoms with Gasteiger partial charge < -0.3 is 27.0 Å². The average Bonchev–Trinajstić information content (AvgIpc) is 2.50. The monoisotopic (exact) mass is 338 g/mol. The van der Waals surface area contributed by atoms with E-state index in [1.807, 2.05) is 38.4 Å². The van der Waals surface area contributed by atoms with Crippen LogP contribution in [-0.2, 0) is 0 Å². The molecule has 0 unspecified atom stereocenters. The maximum Gasteiger partial charge on any atom is 0.171 e. The maximum atomic E-state index is 5.92. The third kappa shape index (κ3) is 5.76. The fourth-order valence-electron chi connectivity index (χ4n) is 2.10. The van der Waals surface area contributed by atoms with Crippen molar-refractivity contribution >= 4 is 46.1 Å². The normalized spacial score (nSPS) is 10.7. The Morgan fingerprint density at radius 3 is 2.27 bits per heavy atom. The highest BCUT2D eigenvalue weighted by atomic mass is 32.1. The summed E-state index contributed by atoms with van der Waals surface area (Å²) in [4.78, 5) is 3.90. The first-order valence-electron chi connectivity index (χ1n) is 6.85. The van der Waals surface area contributed by atoms with Gasteiger partial charge in [0, 0.05) is 25.3 Å². The van der Waals surface area contributed by atoms with Gasteiger partial charge in [0.15, 0.2) is 5.11 Å². The van der Waals surface area contributed by atoms with Gasteiger partial charge in [0.05, 0.1) is 16.4 Å². The first-order valence-corrected chi connectivity index (χ1v) is 7.67. The van der Waals surface area contributed by atoms with Crippen LogP contribution in [0.1, 0.15) is 0 Å². The van der Waals surface area contributed by atoms with Gasteiger partial charge in [0.1, 0.15) is 0 Å². The quantitative estimate of drug-likeness (QED) is 0.355. The molecule has 0 aliphatic carbocycles. The van der Waals surface area contributed by atoms with E-state index in [1.165, 1.54) is 0 Å². The molecule has 1 aromatic carbocycles. The summed E-state index contributed by atoms with van der Waals surface area (Å²) < 4.78 is 0. The number of likely N-dealkylation sites (N-methyl/N-ethyl adjacent to an activating group) is 2. The van der Waals surface area contributed by atoms with Crippen LogP contribution in [0.15, 0.2) is 29.3 Å². The van der Waals surface area contributed by atoms with Crippen molar-refractivity contribution < 1.29 is 0 Å². The van der Waals surface area contributed by atoms with E-state index in [0.29, 0.717) is 24.7 Å². The zero-order chi connectivity index (χ0) is 16.4. The van der Waals surface area contributed by atoms with Gasteiger partial charge >= 0.3 is 0 Å². The van der Waals surface area contributed by atoms with Gasteiger partial charge in [-0.1, -0.05) is 0 Å². The van der Waals surface area contributed by atoms with Crippen LogP contribution in [0.5, 0.6) is 0 Å². The molecule has 0 atom stereocenters. The van der Waals surface area contributed by atoms with Crippen LogP contribution < -0.4 is 27.0 Å². The standard InChI is InChI=1S/C14H22N6S2/c1-16-8-14(7-15,9-17-2)20-13(22)19-12-5-3-11(4-6-12)18-10-21/h3-6,16-17H,7-9,15H2,1-2H3,(H2,19,20,22). The Bertz CT molecular complexity index is 519. The summed E-state index contributed by atoms with van der Waals surface area (Å²) in [6.45, 7) is 1.82. The SMILES string of the molecule is CNCC(CN)(CNC)NC(=S)Nc1ccc(N=C=S)cc1. The first kappa shape index (κ1) is 18.6. The van der Waals surface area contributed by atoms with Crippen LogP contribution in [0.25, 0.3) is 0 Å². The molecular weight excluding hydrogens is 316 g/mol. The molecule has 1 aromatic rings. The highest BCUT2D eigenvalue weighted by Gasteiger charge is 2.27. The number of aliphatic imine (C=N–C) groups is 1. The van der Waals surface area contributed by atoms with Crippen molar-refractivity contribution in [2.75, 3.05) is 39.0 Å². The van der Waals surface area contributed by atoms with E-state index in [4.69, 9.17) is 18.0 Å². The summed E-state index contributed by atoms with van der Waals surface area (Å²) in [5.41, 5.74) is 7.18. The highest BCUT2D eigenvalue weighted by Crippen LogP contribution is 2.15. The number of benzene rings is 1. The Labute approximate surface area is 142 Å². The van der Waals surface area contributed by atoms with Crippen molar-refractivity contribution in [3.05, 3.63) is 24.3 Å². The van der Waals surface area contributed by atoms with Gasteiger partial charge in [-0.25, -0.2) is 0 Å². The summed E-state index contributed by atoms with van der Waals surface area (Å²) >= 11 is 9.95. The summed E-state index contributed by atoms with van der Waals surface area (Å²) in [6.07, 6.45) is 0. The van der Waals surface area contributed by atoms with Crippen molar-refractivity contribution in [1.82, 2.24) is 16.0 Å². The summed E-state index contributed by atoms with van der Waals surface area (Å²) in [6, 6.07) is 7.42. The molecule has 0 saturated heterocycles. The van der Waals surface area contributed by atoms with Crippen LogP contribution in [-0.4, -0.2) is 49.5 Å². The van der Waals surface area contributed by atoms with Gasteiger partial charge in [0.2, 0.25) is 0 Å². The minimum Gasteiger partial charge on any atom is -0.353 e. The van der Waals surface area contributed by atoms with Crippen molar-refractivity contribution in [2.24, 2.45) is 10.7 Å². The van der Waals surface area contributed by atoms with Gasteiger partial charge in [-0.3, -0.25) is 0 Å². The first-order chi connectivity index (χ1) is 10.6. The van der Waals surface area contributed by atoms with Gasteiger partial charge in [-0.15, -0.1) is 0 Å². The number of anilines is 1. The molecule has 1 rings (SSSR count). The highest BCUT2D eigenvalue weighted by molar-refractivity contribution is 7.80. The lowest BCUT2D eigenvalue weighted by atomic mass is 10.00. The Kier molecular flexibility index (Phi) is 8.11. The Hall–Kier alpha value is -1.41. The second-order valence-electron chi connectivity index (χ2n) is 4.87. The third-order valence-corrected chi connectivity index (χ3v) is 3.40. The summed E-state index contributed by atoms with van der Waals surface area (Å²) in [5, 5.41) is 15.5. The topological polar surface area (TPSA) is 86.5 Å². The van der Waals surface area contributed by atoms with E-state index < -0.39 is 0 Å². The number of isothiocyanates is 1. The summed E-state index contributed by atoms with van der Waals surface area (Å²) in [5.74, 6) is 0. The molecule has 0 heterocycles. The molecule has 8 heteroatoms. The largest absolute Gasteiger partial charge is 0.353 e. The predicted molar refractivity (Wildman–Crippen MR) is 100 cm³/mol. The molecule has 0 spiro atoms.